The Morgan fingerprint density at radius 2 is 2.00 bits per heavy atom. The summed E-state index contributed by atoms with van der Waals surface area (Å²) < 4.78 is 5.64. The van der Waals surface area contributed by atoms with Crippen LogP contribution in [-0.2, 0) is 14.3 Å². The molecule has 3 aliphatic carbocycles. The van der Waals surface area contributed by atoms with E-state index in [9.17, 15) is 9.59 Å². The van der Waals surface area contributed by atoms with Gasteiger partial charge in [0.05, 0.1) is 0 Å². The molecule has 5 atom stereocenters. The van der Waals surface area contributed by atoms with Crippen LogP contribution in [0.25, 0.3) is 0 Å². The second kappa shape index (κ2) is 6.79. The van der Waals surface area contributed by atoms with Crippen LogP contribution in [0.1, 0.15) is 72.6 Å². The van der Waals surface area contributed by atoms with Gasteiger partial charge in [-0.3, -0.25) is 9.59 Å². The van der Waals surface area contributed by atoms with Crippen LogP contribution < -0.4 is 0 Å². The zero-order valence-electron chi connectivity index (χ0n) is 17.2. The standard InChI is InChI=1S/C23H34O4/c1-6-22(4)10-9-17-15(12-22)7-8-18-21(2,3)13-16(14-23(17,18)5)27-20(26)11-19(24)25/h6-7,16-18H,1,8-14H2,2-5H3,(H,24,25). The molecule has 27 heavy (non-hydrogen) atoms. The van der Waals surface area contributed by atoms with E-state index in [1.165, 1.54) is 0 Å². The molecule has 3 rings (SSSR count). The number of carboxylic acid groups (broad SMARTS) is 1. The molecule has 0 aliphatic heterocycles. The van der Waals surface area contributed by atoms with Gasteiger partial charge in [0.2, 0.25) is 0 Å². The van der Waals surface area contributed by atoms with Crippen LogP contribution in [0, 0.1) is 28.1 Å². The third kappa shape index (κ3) is 3.72. The van der Waals surface area contributed by atoms with E-state index in [-0.39, 0.29) is 22.3 Å². The van der Waals surface area contributed by atoms with Crippen LogP contribution in [0.3, 0.4) is 0 Å². The van der Waals surface area contributed by atoms with E-state index in [1.807, 2.05) is 0 Å². The molecule has 0 amide bonds. The monoisotopic (exact) mass is 374 g/mol. The molecule has 4 heteroatoms. The van der Waals surface area contributed by atoms with Crippen LogP contribution in [0.4, 0.5) is 0 Å². The van der Waals surface area contributed by atoms with Gasteiger partial charge in [-0.2, -0.15) is 0 Å². The summed E-state index contributed by atoms with van der Waals surface area (Å²) in [7, 11) is 0. The Labute approximate surface area is 163 Å². The summed E-state index contributed by atoms with van der Waals surface area (Å²) >= 11 is 0. The zero-order valence-corrected chi connectivity index (χ0v) is 17.2. The quantitative estimate of drug-likeness (QED) is 0.420. The maximum Gasteiger partial charge on any atom is 0.317 e. The first kappa shape index (κ1) is 20.2. The highest BCUT2D eigenvalue weighted by molar-refractivity contribution is 5.90. The Morgan fingerprint density at radius 3 is 2.63 bits per heavy atom. The molecule has 0 heterocycles. The fourth-order valence-electron chi connectivity index (χ4n) is 6.48. The summed E-state index contributed by atoms with van der Waals surface area (Å²) in [6, 6.07) is 0. The second-order valence-corrected chi connectivity index (χ2v) is 10.3. The largest absolute Gasteiger partial charge is 0.481 e. The first-order valence-electron chi connectivity index (χ1n) is 10.2. The van der Waals surface area contributed by atoms with Gasteiger partial charge >= 0.3 is 11.9 Å². The fraction of sp³-hybridized carbons (Fsp3) is 0.739. The summed E-state index contributed by atoms with van der Waals surface area (Å²) in [4.78, 5) is 22.8. The number of carbonyl (C=O) groups is 2. The number of carbonyl (C=O) groups excluding carboxylic acids is 1. The van der Waals surface area contributed by atoms with Gasteiger partial charge in [0, 0.05) is 0 Å². The molecular formula is C23H34O4. The molecule has 2 fully saturated rings. The Balaban J connectivity index is 1.85. The maximum atomic E-state index is 12.0. The van der Waals surface area contributed by atoms with E-state index in [1.54, 1.807) is 5.57 Å². The van der Waals surface area contributed by atoms with E-state index >= 15 is 0 Å². The minimum Gasteiger partial charge on any atom is -0.481 e. The molecule has 1 N–H and O–H groups in total. The van der Waals surface area contributed by atoms with E-state index in [4.69, 9.17) is 9.84 Å². The Kier molecular flexibility index (Phi) is 5.07. The van der Waals surface area contributed by atoms with E-state index in [2.05, 4.69) is 46.4 Å². The zero-order chi connectivity index (χ0) is 20.0. The van der Waals surface area contributed by atoms with Crippen LogP contribution in [-0.4, -0.2) is 23.1 Å². The fourth-order valence-corrected chi connectivity index (χ4v) is 6.48. The van der Waals surface area contributed by atoms with Crippen molar-refractivity contribution in [2.75, 3.05) is 0 Å². The minimum absolute atomic E-state index is 0.0579. The van der Waals surface area contributed by atoms with Crippen LogP contribution >= 0.6 is 0 Å². The SMILES string of the molecule is C=CC1(C)CCC2C(=CCC3C(C)(C)CC(OC(=O)CC(=O)O)CC23C)C1. The molecule has 4 nitrogen and oxygen atoms in total. The molecule has 3 aliphatic rings. The molecule has 150 valence electrons. The topological polar surface area (TPSA) is 63.6 Å². The molecule has 5 unspecified atom stereocenters. The third-order valence-corrected chi connectivity index (χ3v) is 7.72. The summed E-state index contributed by atoms with van der Waals surface area (Å²) in [6.45, 7) is 13.3. The Morgan fingerprint density at radius 1 is 1.30 bits per heavy atom. The Hall–Kier alpha value is -1.58. The number of ether oxygens (including phenoxy) is 1. The smallest absolute Gasteiger partial charge is 0.317 e. The normalized spacial score (nSPS) is 40.1. The lowest BCUT2D eigenvalue weighted by molar-refractivity contribution is -0.167. The van der Waals surface area contributed by atoms with Crippen molar-refractivity contribution in [1.29, 1.82) is 0 Å². The highest BCUT2D eigenvalue weighted by Gasteiger charge is 2.56. The van der Waals surface area contributed by atoms with E-state index in [0.29, 0.717) is 11.8 Å². The highest BCUT2D eigenvalue weighted by Crippen LogP contribution is 2.63. The molecule has 0 aromatic rings. The number of fused-ring (bicyclic) bond motifs is 3. The van der Waals surface area contributed by atoms with Gasteiger partial charge in [-0.1, -0.05) is 45.4 Å². The summed E-state index contributed by atoms with van der Waals surface area (Å²) in [5.74, 6) is -0.663. The first-order chi connectivity index (χ1) is 12.5. The lowest BCUT2D eigenvalue weighted by Gasteiger charge is -2.60. The van der Waals surface area contributed by atoms with Crippen molar-refractivity contribution in [2.24, 2.45) is 28.1 Å². The maximum absolute atomic E-state index is 12.0. The van der Waals surface area contributed by atoms with Gasteiger partial charge in [-0.05, 0) is 66.6 Å². The van der Waals surface area contributed by atoms with Gasteiger partial charge in [-0.25, -0.2) is 0 Å². The number of allylic oxidation sites excluding steroid dienone is 3. The number of hydrogen-bond donors (Lipinski definition) is 1. The van der Waals surface area contributed by atoms with Crippen LogP contribution in [0.2, 0.25) is 0 Å². The average molecular weight is 375 g/mol. The molecular weight excluding hydrogens is 340 g/mol. The van der Waals surface area contributed by atoms with Gasteiger partial charge in [0.15, 0.2) is 0 Å². The van der Waals surface area contributed by atoms with Crippen molar-refractivity contribution >= 4 is 11.9 Å². The molecule has 2 saturated carbocycles. The summed E-state index contributed by atoms with van der Waals surface area (Å²) in [5, 5.41) is 8.86. The molecule has 0 spiro atoms. The van der Waals surface area contributed by atoms with Crippen molar-refractivity contribution in [3.63, 3.8) is 0 Å². The van der Waals surface area contributed by atoms with Crippen molar-refractivity contribution in [3.05, 3.63) is 24.3 Å². The van der Waals surface area contributed by atoms with Crippen LogP contribution in [0.15, 0.2) is 24.3 Å². The lowest BCUT2D eigenvalue weighted by Crippen LogP contribution is -2.54. The minimum atomic E-state index is -1.13. The predicted molar refractivity (Wildman–Crippen MR) is 105 cm³/mol. The van der Waals surface area contributed by atoms with Crippen LogP contribution in [0.5, 0.6) is 0 Å². The van der Waals surface area contributed by atoms with Crippen molar-refractivity contribution in [3.8, 4) is 0 Å². The predicted octanol–water partition coefficient (Wildman–Crippen LogP) is 5.14. The first-order valence-corrected chi connectivity index (χ1v) is 10.2. The number of carboxylic acids is 1. The van der Waals surface area contributed by atoms with Crippen molar-refractivity contribution in [2.45, 2.75) is 78.7 Å². The van der Waals surface area contributed by atoms with E-state index < -0.39 is 18.4 Å². The second-order valence-electron chi connectivity index (χ2n) is 10.3. The molecule has 0 bridgehead atoms. The van der Waals surface area contributed by atoms with E-state index in [0.717, 1.165) is 38.5 Å². The van der Waals surface area contributed by atoms with Gasteiger partial charge in [0.1, 0.15) is 12.5 Å². The molecule has 0 aromatic heterocycles. The molecule has 0 radical (unpaired) electrons. The lowest BCUT2D eigenvalue weighted by atomic mass is 9.45. The third-order valence-electron chi connectivity index (χ3n) is 7.72. The number of rotatable bonds is 4. The van der Waals surface area contributed by atoms with Crippen molar-refractivity contribution in [1.82, 2.24) is 0 Å². The highest BCUT2D eigenvalue weighted by atomic mass is 16.5. The average Bonchev–Trinajstić information content (AvgIpc) is 2.52. The molecule has 0 aromatic carbocycles. The van der Waals surface area contributed by atoms with Crippen molar-refractivity contribution < 1.29 is 19.4 Å². The van der Waals surface area contributed by atoms with Gasteiger partial charge in [-0.15, -0.1) is 6.58 Å². The number of esters is 1. The summed E-state index contributed by atoms with van der Waals surface area (Å²) in [5.41, 5.74) is 1.88. The number of hydrogen-bond acceptors (Lipinski definition) is 3. The van der Waals surface area contributed by atoms with Gasteiger partial charge in [0.25, 0.3) is 0 Å². The molecule has 0 saturated heterocycles. The van der Waals surface area contributed by atoms with Gasteiger partial charge < -0.3 is 9.84 Å². The Bertz CT molecular complexity index is 676. The number of aliphatic carboxylic acids is 1. The summed E-state index contributed by atoms with van der Waals surface area (Å²) in [6.07, 6.45) is 9.93.